The van der Waals surface area contributed by atoms with Gasteiger partial charge < -0.3 is 32.3 Å². The Bertz CT molecular complexity index is 930. The molecule has 2 aliphatic rings. The van der Waals surface area contributed by atoms with Crippen molar-refractivity contribution in [2.75, 3.05) is 34.4 Å². The van der Waals surface area contributed by atoms with Crippen LogP contribution in [0.2, 0.25) is 0 Å². The highest BCUT2D eigenvalue weighted by Gasteiger charge is 2.38. The Morgan fingerprint density at radius 1 is 1.00 bits per heavy atom. The number of rotatable bonds is 5. The molecule has 2 heterocycles. The fourth-order valence-electron chi connectivity index (χ4n) is 4.40. The molecule has 174 valence electrons. The van der Waals surface area contributed by atoms with Crippen molar-refractivity contribution in [1.82, 2.24) is 5.01 Å². The molecule has 3 N–H and O–H groups in total. The van der Waals surface area contributed by atoms with Crippen LogP contribution in [0.5, 0.6) is 11.5 Å². The van der Waals surface area contributed by atoms with Crippen molar-refractivity contribution in [2.45, 2.75) is 31.2 Å². The zero-order valence-electron chi connectivity index (χ0n) is 18.8. The molecule has 0 saturated carbocycles. The third kappa shape index (κ3) is 5.23. The van der Waals surface area contributed by atoms with Crippen molar-refractivity contribution in [3.05, 3.63) is 59.7 Å². The van der Waals surface area contributed by atoms with E-state index in [2.05, 4.69) is 7.05 Å². The monoisotopic (exact) mass is 461 g/mol. The summed E-state index contributed by atoms with van der Waals surface area (Å²) in [5.74, 6) is 1.23. The first kappa shape index (κ1) is 25.6. The van der Waals surface area contributed by atoms with Crippen LogP contribution in [0.15, 0.2) is 53.6 Å². The van der Waals surface area contributed by atoms with Crippen LogP contribution in [0.3, 0.4) is 0 Å². The number of ether oxygens (including phenoxy) is 2. The lowest BCUT2D eigenvalue weighted by Crippen LogP contribution is -3.10. The number of hydrogen-bond acceptors (Lipinski definition) is 4. The molecule has 2 aromatic carbocycles. The Morgan fingerprint density at radius 3 is 2.28 bits per heavy atom. The number of amides is 1. The highest BCUT2D eigenvalue weighted by atomic mass is 35.5. The maximum atomic E-state index is 13.5. The second-order valence-electron chi connectivity index (χ2n) is 8.15. The summed E-state index contributed by atoms with van der Waals surface area (Å²) >= 11 is 0. The fraction of sp³-hybridized carbons (Fsp3) is 0.417. The molecule has 2 aromatic rings. The van der Waals surface area contributed by atoms with Crippen molar-refractivity contribution in [2.24, 2.45) is 5.10 Å². The van der Waals surface area contributed by atoms with Crippen molar-refractivity contribution >= 4 is 11.6 Å². The van der Waals surface area contributed by atoms with E-state index < -0.39 is 0 Å². The molecule has 7 nitrogen and oxygen atoms in total. The topological polar surface area (TPSA) is 87.1 Å². The number of nitrogens with zero attached hydrogens (tertiary/aromatic N) is 2. The number of carbonyl (C=O) groups is 1. The van der Waals surface area contributed by atoms with E-state index in [1.54, 1.807) is 19.2 Å². The molecule has 2 aliphatic heterocycles. The van der Waals surface area contributed by atoms with Crippen LogP contribution in [0.1, 0.15) is 36.3 Å². The predicted octanol–water partition coefficient (Wildman–Crippen LogP) is -1.72. The molecule has 1 atom stereocenters. The van der Waals surface area contributed by atoms with Gasteiger partial charge in [-0.05, 0) is 23.8 Å². The van der Waals surface area contributed by atoms with E-state index in [1.807, 2.05) is 48.5 Å². The normalized spacial score (nSPS) is 22.8. The van der Waals surface area contributed by atoms with Gasteiger partial charge in [-0.25, -0.2) is 5.01 Å². The first-order chi connectivity index (χ1) is 14.6. The molecular formula is C24H32ClN3O4. The fourth-order valence-corrected chi connectivity index (χ4v) is 4.40. The predicted molar refractivity (Wildman–Crippen MR) is 120 cm³/mol. The largest absolute Gasteiger partial charge is 1.00 e. The number of piperidine rings is 1. The average Bonchev–Trinajstić information content (AvgIpc) is 2.80. The third-order valence-electron chi connectivity index (χ3n) is 6.22. The number of nitrogens with one attached hydrogen (secondary N) is 1. The van der Waals surface area contributed by atoms with Gasteiger partial charge in [0, 0.05) is 24.8 Å². The van der Waals surface area contributed by atoms with Gasteiger partial charge in [-0.15, -0.1) is 0 Å². The molecule has 0 spiro atoms. The van der Waals surface area contributed by atoms with Crippen LogP contribution in [-0.2, 0) is 4.79 Å². The number of quaternary nitrogens is 1. The van der Waals surface area contributed by atoms with E-state index in [9.17, 15) is 4.79 Å². The van der Waals surface area contributed by atoms with E-state index >= 15 is 0 Å². The van der Waals surface area contributed by atoms with Crippen LogP contribution in [-0.4, -0.2) is 62.5 Å². The maximum Gasteiger partial charge on any atom is 0.250 e. The Balaban J connectivity index is 0.00000181. The molecule has 4 rings (SSSR count). The summed E-state index contributed by atoms with van der Waals surface area (Å²) in [6.45, 7) is 2.12. The van der Waals surface area contributed by atoms with Crippen LogP contribution < -0.4 is 26.8 Å². The van der Waals surface area contributed by atoms with E-state index in [1.165, 1.54) is 4.90 Å². The summed E-state index contributed by atoms with van der Waals surface area (Å²) < 4.78 is 10.9. The summed E-state index contributed by atoms with van der Waals surface area (Å²) in [6.07, 6.45) is 2.52. The minimum atomic E-state index is -0.223. The van der Waals surface area contributed by atoms with Crippen molar-refractivity contribution in [3.8, 4) is 11.5 Å². The molecule has 1 fully saturated rings. The maximum absolute atomic E-state index is 13.5. The first-order valence-corrected chi connectivity index (χ1v) is 10.6. The van der Waals surface area contributed by atoms with Crippen LogP contribution >= 0.6 is 0 Å². The van der Waals surface area contributed by atoms with Crippen LogP contribution in [0.25, 0.3) is 0 Å². The second kappa shape index (κ2) is 11.3. The number of hydrazone groups is 1. The van der Waals surface area contributed by atoms with Gasteiger partial charge in [0.15, 0.2) is 11.5 Å². The van der Waals surface area contributed by atoms with E-state index in [0.29, 0.717) is 17.9 Å². The number of benzene rings is 2. The molecule has 1 unspecified atom stereocenters. The summed E-state index contributed by atoms with van der Waals surface area (Å²) in [7, 11) is 5.47. The van der Waals surface area contributed by atoms with E-state index in [0.717, 1.165) is 42.8 Å². The lowest BCUT2D eigenvalue weighted by atomic mass is 9.88. The van der Waals surface area contributed by atoms with Crippen molar-refractivity contribution in [1.29, 1.82) is 0 Å². The summed E-state index contributed by atoms with van der Waals surface area (Å²) in [4.78, 5) is 15.0. The molecule has 0 aromatic heterocycles. The Morgan fingerprint density at radius 2 is 1.66 bits per heavy atom. The van der Waals surface area contributed by atoms with E-state index in [-0.39, 0.29) is 35.8 Å². The summed E-state index contributed by atoms with van der Waals surface area (Å²) in [5, 5.41) is 6.66. The summed E-state index contributed by atoms with van der Waals surface area (Å²) in [6, 6.07) is 16.0. The highest BCUT2D eigenvalue weighted by molar-refractivity contribution is 6.06. The van der Waals surface area contributed by atoms with Gasteiger partial charge in [-0.2, -0.15) is 5.10 Å². The Kier molecular flexibility index (Phi) is 9.07. The van der Waals surface area contributed by atoms with Crippen molar-refractivity contribution in [3.63, 3.8) is 0 Å². The van der Waals surface area contributed by atoms with Gasteiger partial charge in [-0.1, -0.05) is 30.3 Å². The van der Waals surface area contributed by atoms with Gasteiger partial charge in [0.05, 0.1) is 52.0 Å². The molecule has 32 heavy (non-hydrogen) atoms. The zero-order valence-corrected chi connectivity index (χ0v) is 19.6. The molecule has 0 aliphatic carbocycles. The Labute approximate surface area is 195 Å². The standard InChI is InChI=1S/C24H29N3O3.ClH.H2O/c1-26-13-11-19(12-14-26)27-24(28)20(17-7-5-4-6-8-17)16-21(25-27)18-9-10-22(29-2)23(15-18)30-3;;/h4-10,15,19-20H,11-14,16H2,1-3H3;1H;1H2. The zero-order chi connectivity index (χ0) is 21.1. The van der Waals surface area contributed by atoms with Gasteiger partial charge in [0.2, 0.25) is 0 Å². The SMILES string of the molecule is COc1ccc(C2=NN(C3CC[NH+](C)CC3)C(=O)C(c3ccccc3)C2)cc1OC.O.[Cl-]. The second-order valence-corrected chi connectivity index (χ2v) is 8.15. The first-order valence-electron chi connectivity index (χ1n) is 10.6. The van der Waals surface area contributed by atoms with Gasteiger partial charge in [0.1, 0.15) is 0 Å². The number of likely N-dealkylation sites (tertiary alicyclic amines) is 1. The van der Waals surface area contributed by atoms with Crippen molar-refractivity contribution < 1.29 is 37.1 Å². The molecule has 1 saturated heterocycles. The lowest BCUT2D eigenvalue weighted by Gasteiger charge is -2.37. The molecule has 0 radical (unpaired) electrons. The molecule has 0 bridgehead atoms. The number of carbonyl (C=O) groups excluding carboxylic acids is 1. The number of methoxy groups -OCH3 is 2. The molecule has 8 heteroatoms. The average molecular weight is 462 g/mol. The third-order valence-corrected chi connectivity index (χ3v) is 6.22. The summed E-state index contributed by atoms with van der Waals surface area (Å²) in [5.41, 5.74) is 2.92. The van der Waals surface area contributed by atoms with E-state index in [4.69, 9.17) is 14.6 Å². The quantitative estimate of drug-likeness (QED) is 0.574. The van der Waals surface area contributed by atoms with Crippen LogP contribution in [0.4, 0.5) is 0 Å². The highest BCUT2D eigenvalue weighted by Crippen LogP contribution is 2.34. The molecular weight excluding hydrogens is 430 g/mol. The minimum Gasteiger partial charge on any atom is -1.00 e. The Hall–Kier alpha value is -2.61. The van der Waals surface area contributed by atoms with Gasteiger partial charge in [0.25, 0.3) is 5.91 Å². The van der Waals surface area contributed by atoms with Crippen LogP contribution in [0, 0.1) is 0 Å². The van der Waals surface area contributed by atoms with Gasteiger partial charge >= 0.3 is 0 Å². The van der Waals surface area contributed by atoms with Gasteiger partial charge in [-0.3, -0.25) is 4.79 Å². The number of halogens is 1. The minimum absolute atomic E-state index is 0. The lowest BCUT2D eigenvalue weighted by molar-refractivity contribution is -0.885. The molecule has 1 amide bonds. The number of hydrogen-bond donors (Lipinski definition) is 1. The smallest absolute Gasteiger partial charge is 0.250 e.